The third-order valence-corrected chi connectivity index (χ3v) is 7.39. The molecule has 28 heavy (non-hydrogen) atoms. The first kappa shape index (κ1) is 18.7. The highest BCUT2D eigenvalue weighted by Crippen LogP contribution is 2.32. The second kappa shape index (κ2) is 7.41. The van der Waals surface area contributed by atoms with Crippen LogP contribution in [0.25, 0.3) is 21.9 Å². The molecule has 0 bridgehead atoms. The minimum atomic E-state index is -3.60. The average molecular weight is 409 g/mol. The van der Waals surface area contributed by atoms with Gasteiger partial charge in [0.25, 0.3) is 0 Å². The normalized spacial score (nSPS) is 11.6. The quantitative estimate of drug-likeness (QED) is 0.377. The molecular formula is C23H17FO2S2. The van der Waals surface area contributed by atoms with Crippen LogP contribution in [0.2, 0.25) is 0 Å². The van der Waals surface area contributed by atoms with Crippen molar-refractivity contribution in [2.75, 3.05) is 6.26 Å². The van der Waals surface area contributed by atoms with E-state index in [1.807, 2.05) is 42.7 Å². The van der Waals surface area contributed by atoms with Crippen LogP contribution in [0.3, 0.4) is 0 Å². The second-order valence-corrected chi connectivity index (χ2v) is 9.15. The zero-order chi connectivity index (χ0) is 19.7. The number of fused-ring (bicyclic) bond motifs is 1. The van der Waals surface area contributed by atoms with Crippen molar-refractivity contribution in [2.24, 2.45) is 0 Å². The first-order chi connectivity index (χ1) is 13.5. The van der Waals surface area contributed by atoms with Gasteiger partial charge in [-0.25, -0.2) is 12.8 Å². The molecule has 4 aromatic carbocycles. The Hall–Kier alpha value is -2.63. The number of benzene rings is 4. The SMILES string of the molecule is CSc1ccccc1S(=O)(=O)c1ccc2cc(-c3ccc(F)cc3)ccc2c1. The van der Waals surface area contributed by atoms with Gasteiger partial charge in [0.05, 0.1) is 9.79 Å². The Morgan fingerprint density at radius 3 is 2.14 bits per heavy atom. The third kappa shape index (κ3) is 3.43. The number of halogens is 1. The number of sulfone groups is 1. The zero-order valence-electron chi connectivity index (χ0n) is 15.1. The van der Waals surface area contributed by atoms with Crippen molar-refractivity contribution >= 4 is 32.4 Å². The Morgan fingerprint density at radius 2 is 1.39 bits per heavy atom. The highest BCUT2D eigenvalue weighted by Gasteiger charge is 2.21. The van der Waals surface area contributed by atoms with Gasteiger partial charge in [0.1, 0.15) is 5.82 Å². The molecule has 5 heteroatoms. The molecular weight excluding hydrogens is 391 g/mol. The average Bonchev–Trinajstić information content (AvgIpc) is 2.73. The predicted octanol–water partition coefficient (Wildman–Crippen LogP) is 6.20. The van der Waals surface area contributed by atoms with Crippen molar-refractivity contribution in [1.29, 1.82) is 0 Å². The van der Waals surface area contributed by atoms with E-state index in [1.54, 1.807) is 36.4 Å². The lowest BCUT2D eigenvalue weighted by Crippen LogP contribution is -2.03. The second-order valence-electron chi connectivity index (χ2n) is 6.38. The largest absolute Gasteiger partial charge is 0.218 e. The van der Waals surface area contributed by atoms with Gasteiger partial charge in [0.15, 0.2) is 0 Å². The van der Waals surface area contributed by atoms with Crippen LogP contribution in [0, 0.1) is 5.82 Å². The molecule has 0 fully saturated rings. The number of hydrogen-bond acceptors (Lipinski definition) is 3. The van der Waals surface area contributed by atoms with Crippen LogP contribution >= 0.6 is 11.8 Å². The van der Waals surface area contributed by atoms with Crippen molar-refractivity contribution in [3.05, 3.63) is 90.7 Å². The molecule has 4 rings (SSSR count). The lowest BCUT2D eigenvalue weighted by Gasteiger charge is -2.10. The molecule has 0 aliphatic rings. The molecule has 4 aromatic rings. The van der Waals surface area contributed by atoms with Gasteiger partial charge in [-0.3, -0.25) is 0 Å². The summed E-state index contributed by atoms with van der Waals surface area (Å²) >= 11 is 1.42. The molecule has 0 aliphatic carbocycles. The Kier molecular flexibility index (Phi) is 4.96. The van der Waals surface area contributed by atoms with Crippen molar-refractivity contribution < 1.29 is 12.8 Å². The molecule has 0 N–H and O–H groups in total. The van der Waals surface area contributed by atoms with E-state index in [1.165, 1.54) is 23.9 Å². The fraction of sp³-hybridized carbons (Fsp3) is 0.0435. The van der Waals surface area contributed by atoms with Crippen LogP contribution in [-0.2, 0) is 9.84 Å². The molecule has 0 unspecified atom stereocenters. The van der Waals surface area contributed by atoms with Gasteiger partial charge in [-0.05, 0) is 70.6 Å². The summed E-state index contributed by atoms with van der Waals surface area (Å²) in [5.41, 5.74) is 1.87. The zero-order valence-corrected chi connectivity index (χ0v) is 16.7. The van der Waals surface area contributed by atoms with E-state index in [2.05, 4.69) is 0 Å². The standard InChI is InChI=1S/C23H17FO2S2/c1-27-22-4-2-3-5-23(22)28(25,26)21-13-10-18-14-17(6-7-19(18)15-21)16-8-11-20(24)12-9-16/h2-15H,1H3. The van der Waals surface area contributed by atoms with E-state index < -0.39 is 9.84 Å². The van der Waals surface area contributed by atoms with E-state index >= 15 is 0 Å². The maximum absolute atomic E-state index is 13.1. The summed E-state index contributed by atoms with van der Waals surface area (Å²) in [5.74, 6) is -0.273. The molecule has 0 saturated carbocycles. The molecule has 0 radical (unpaired) electrons. The summed E-state index contributed by atoms with van der Waals surface area (Å²) in [4.78, 5) is 1.33. The molecule has 140 valence electrons. The van der Waals surface area contributed by atoms with Gasteiger partial charge >= 0.3 is 0 Å². The van der Waals surface area contributed by atoms with Gasteiger partial charge in [0.2, 0.25) is 9.84 Å². The Morgan fingerprint density at radius 1 is 0.750 bits per heavy atom. The number of thioether (sulfide) groups is 1. The fourth-order valence-corrected chi connectivity index (χ4v) is 5.62. The first-order valence-corrected chi connectivity index (χ1v) is 11.4. The van der Waals surface area contributed by atoms with Gasteiger partial charge < -0.3 is 0 Å². The van der Waals surface area contributed by atoms with E-state index in [9.17, 15) is 12.8 Å². The molecule has 0 heterocycles. The molecule has 0 atom stereocenters. The Balaban J connectivity index is 1.78. The van der Waals surface area contributed by atoms with Crippen LogP contribution in [0.1, 0.15) is 0 Å². The Labute approximate surface area is 168 Å². The van der Waals surface area contributed by atoms with Crippen molar-refractivity contribution in [3.63, 3.8) is 0 Å². The summed E-state index contributed by atoms with van der Waals surface area (Å²) < 4.78 is 39.4. The van der Waals surface area contributed by atoms with E-state index in [0.717, 1.165) is 26.8 Å². The van der Waals surface area contributed by atoms with Gasteiger partial charge in [-0.1, -0.05) is 42.5 Å². The van der Waals surface area contributed by atoms with Crippen molar-refractivity contribution in [2.45, 2.75) is 14.7 Å². The van der Waals surface area contributed by atoms with E-state index in [4.69, 9.17) is 0 Å². The van der Waals surface area contributed by atoms with E-state index in [0.29, 0.717) is 4.90 Å². The summed E-state index contributed by atoms with van der Waals surface area (Å²) in [6.45, 7) is 0. The summed E-state index contributed by atoms with van der Waals surface area (Å²) in [6, 6.07) is 24.3. The maximum Gasteiger partial charge on any atom is 0.207 e. The van der Waals surface area contributed by atoms with Crippen LogP contribution in [-0.4, -0.2) is 14.7 Å². The van der Waals surface area contributed by atoms with Crippen molar-refractivity contribution in [1.82, 2.24) is 0 Å². The first-order valence-electron chi connectivity index (χ1n) is 8.67. The number of rotatable bonds is 4. The molecule has 0 amide bonds. The van der Waals surface area contributed by atoms with Gasteiger partial charge in [-0.15, -0.1) is 11.8 Å². The summed E-state index contributed by atoms with van der Waals surface area (Å²) in [6.07, 6.45) is 1.87. The van der Waals surface area contributed by atoms with Crippen LogP contribution in [0.4, 0.5) is 4.39 Å². The summed E-state index contributed by atoms with van der Waals surface area (Å²) in [5, 5.41) is 1.77. The van der Waals surface area contributed by atoms with Gasteiger partial charge in [-0.2, -0.15) is 0 Å². The van der Waals surface area contributed by atoms with Crippen LogP contribution in [0.15, 0.2) is 99.6 Å². The van der Waals surface area contributed by atoms with Gasteiger partial charge in [0, 0.05) is 4.90 Å². The van der Waals surface area contributed by atoms with Crippen molar-refractivity contribution in [3.8, 4) is 11.1 Å². The summed E-state index contributed by atoms with van der Waals surface area (Å²) in [7, 11) is -3.60. The maximum atomic E-state index is 13.1. The highest BCUT2D eigenvalue weighted by molar-refractivity contribution is 7.99. The minimum Gasteiger partial charge on any atom is -0.218 e. The predicted molar refractivity (Wildman–Crippen MR) is 113 cm³/mol. The lowest BCUT2D eigenvalue weighted by atomic mass is 10.0. The number of hydrogen-bond donors (Lipinski definition) is 0. The minimum absolute atomic E-state index is 0.273. The molecule has 0 spiro atoms. The topological polar surface area (TPSA) is 34.1 Å². The van der Waals surface area contributed by atoms with Crippen LogP contribution < -0.4 is 0 Å². The van der Waals surface area contributed by atoms with Crippen LogP contribution in [0.5, 0.6) is 0 Å². The fourth-order valence-electron chi connectivity index (χ4n) is 3.18. The monoisotopic (exact) mass is 408 g/mol. The van der Waals surface area contributed by atoms with E-state index in [-0.39, 0.29) is 10.7 Å². The third-order valence-electron chi connectivity index (χ3n) is 4.66. The molecule has 0 aromatic heterocycles. The smallest absolute Gasteiger partial charge is 0.207 e. The molecule has 0 saturated heterocycles. The molecule has 0 aliphatic heterocycles. The lowest BCUT2D eigenvalue weighted by molar-refractivity contribution is 0.594. The highest BCUT2D eigenvalue weighted by atomic mass is 32.2. The molecule has 2 nitrogen and oxygen atoms in total. The Bertz CT molecular complexity index is 1260.